The van der Waals surface area contributed by atoms with Crippen molar-refractivity contribution in [3.8, 4) is 5.75 Å². The molecule has 1 aliphatic rings. The summed E-state index contributed by atoms with van der Waals surface area (Å²) >= 11 is 1.82. The Hall–Kier alpha value is -2.08. The van der Waals surface area contributed by atoms with E-state index in [4.69, 9.17) is 9.15 Å². The second-order valence-corrected chi connectivity index (χ2v) is 7.18. The molecule has 1 fully saturated rings. The Morgan fingerprint density at radius 2 is 2.12 bits per heavy atom. The van der Waals surface area contributed by atoms with Gasteiger partial charge in [-0.1, -0.05) is 18.2 Å². The molecule has 3 rings (SSSR count). The number of rotatable bonds is 7. The van der Waals surface area contributed by atoms with Crippen molar-refractivity contribution in [1.29, 1.82) is 0 Å². The van der Waals surface area contributed by atoms with Gasteiger partial charge in [0.15, 0.2) is 0 Å². The lowest BCUT2D eigenvalue weighted by Crippen LogP contribution is -2.41. The molecule has 2 aromatic rings. The lowest BCUT2D eigenvalue weighted by Gasteiger charge is -2.21. The number of para-hydroxylation sites is 1. The molecule has 5 nitrogen and oxygen atoms in total. The predicted molar refractivity (Wildman–Crippen MR) is 95.6 cm³/mol. The van der Waals surface area contributed by atoms with E-state index in [1.165, 1.54) is 0 Å². The van der Waals surface area contributed by atoms with E-state index in [1.54, 1.807) is 13.4 Å². The van der Waals surface area contributed by atoms with Gasteiger partial charge in [0.05, 0.1) is 13.4 Å². The Labute approximate surface area is 146 Å². The van der Waals surface area contributed by atoms with E-state index in [0.29, 0.717) is 18.1 Å². The van der Waals surface area contributed by atoms with Crippen molar-refractivity contribution in [2.45, 2.75) is 23.6 Å². The number of amides is 2. The van der Waals surface area contributed by atoms with Crippen LogP contribution in [0.15, 0.2) is 47.1 Å². The predicted octanol–water partition coefficient (Wildman–Crippen LogP) is 3.57. The third-order valence-corrected chi connectivity index (χ3v) is 5.78. The zero-order chi connectivity index (χ0) is 17.0. The zero-order valence-electron chi connectivity index (χ0n) is 13.9. The Kier molecular flexibility index (Phi) is 5.04. The molecule has 1 heterocycles. The molecule has 1 aromatic carbocycles. The van der Waals surface area contributed by atoms with Gasteiger partial charge in [-0.2, -0.15) is 11.8 Å². The zero-order valence-corrected chi connectivity index (χ0v) is 14.7. The fraction of sp³-hybridized carbons (Fsp3) is 0.389. The second kappa shape index (κ2) is 7.21. The highest BCUT2D eigenvalue weighted by Crippen LogP contribution is 2.46. The second-order valence-electron chi connectivity index (χ2n) is 5.90. The Bertz CT molecular complexity index is 683. The van der Waals surface area contributed by atoms with Crippen LogP contribution >= 0.6 is 11.8 Å². The fourth-order valence-corrected chi connectivity index (χ4v) is 3.41. The van der Waals surface area contributed by atoms with Gasteiger partial charge in [0.25, 0.3) is 0 Å². The van der Waals surface area contributed by atoms with Crippen LogP contribution in [0.3, 0.4) is 0 Å². The standard InChI is InChI=1S/C18H22N2O3S/c1-22-14-7-4-3-6-13(14)16(15-8-5-11-23-15)20-17(21)19-12-18(24-2)9-10-18/h3-8,11,16H,9-10,12H2,1-2H3,(H2,19,20,21)/t16-/m1/s1. The van der Waals surface area contributed by atoms with Gasteiger partial charge in [0, 0.05) is 16.9 Å². The number of benzene rings is 1. The highest BCUT2D eigenvalue weighted by atomic mass is 32.2. The first-order valence-corrected chi connectivity index (χ1v) is 9.16. The van der Waals surface area contributed by atoms with Gasteiger partial charge in [-0.3, -0.25) is 0 Å². The molecule has 6 heteroatoms. The number of ether oxygens (including phenoxy) is 1. The number of urea groups is 1. The first-order chi connectivity index (χ1) is 11.7. The molecule has 0 spiro atoms. The summed E-state index contributed by atoms with van der Waals surface area (Å²) in [6, 6.07) is 10.7. The third-order valence-electron chi connectivity index (χ3n) is 4.36. The van der Waals surface area contributed by atoms with Crippen LogP contribution in [0.25, 0.3) is 0 Å². The summed E-state index contributed by atoms with van der Waals surface area (Å²) in [5.74, 6) is 1.38. The maximum atomic E-state index is 12.4. The summed E-state index contributed by atoms with van der Waals surface area (Å²) in [4.78, 5) is 12.4. The highest BCUT2D eigenvalue weighted by molar-refractivity contribution is 8.00. The number of carbonyl (C=O) groups excluding carboxylic acids is 1. The van der Waals surface area contributed by atoms with Crippen molar-refractivity contribution in [2.24, 2.45) is 0 Å². The van der Waals surface area contributed by atoms with Gasteiger partial charge in [-0.15, -0.1) is 0 Å². The van der Waals surface area contributed by atoms with Gasteiger partial charge in [0.1, 0.15) is 17.6 Å². The minimum absolute atomic E-state index is 0.206. The quantitative estimate of drug-likeness (QED) is 0.804. The van der Waals surface area contributed by atoms with Gasteiger partial charge >= 0.3 is 6.03 Å². The minimum atomic E-state index is -0.402. The van der Waals surface area contributed by atoms with Gasteiger partial charge in [-0.05, 0) is 37.3 Å². The normalized spacial score (nSPS) is 16.2. The molecule has 1 saturated carbocycles. The lowest BCUT2D eigenvalue weighted by molar-refractivity contribution is 0.236. The van der Waals surface area contributed by atoms with Crippen LogP contribution < -0.4 is 15.4 Å². The molecule has 128 valence electrons. The van der Waals surface area contributed by atoms with E-state index in [9.17, 15) is 4.79 Å². The monoisotopic (exact) mass is 346 g/mol. The van der Waals surface area contributed by atoms with E-state index in [0.717, 1.165) is 18.4 Å². The summed E-state index contributed by atoms with van der Waals surface area (Å²) in [5, 5.41) is 5.98. The van der Waals surface area contributed by atoms with Crippen LogP contribution in [-0.2, 0) is 0 Å². The Morgan fingerprint density at radius 1 is 1.33 bits per heavy atom. The summed E-state index contributed by atoms with van der Waals surface area (Å²) < 4.78 is 11.2. The number of hydrogen-bond acceptors (Lipinski definition) is 4. The molecule has 24 heavy (non-hydrogen) atoms. The van der Waals surface area contributed by atoms with Gasteiger partial charge in [-0.25, -0.2) is 4.79 Å². The Morgan fingerprint density at radius 3 is 2.75 bits per heavy atom. The summed E-state index contributed by atoms with van der Waals surface area (Å²) in [7, 11) is 1.62. The summed E-state index contributed by atoms with van der Waals surface area (Å²) in [6.45, 7) is 0.677. The van der Waals surface area contributed by atoms with E-state index in [1.807, 2.05) is 48.2 Å². The van der Waals surface area contributed by atoms with E-state index in [-0.39, 0.29) is 10.8 Å². The number of hydrogen-bond donors (Lipinski definition) is 2. The fourth-order valence-electron chi connectivity index (χ4n) is 2.68. The number of methoxy groups -OCH3 is 1. The average molecular weight is 346 g/mol. The van der Waals surface area contributed by atoms with E-state index >= 15 is 0 Å². The molecule has 0 radical (unpaired) electrons. The van der Waals surface area contributed by atoms with Crippen LogP contribution in [0, 0.1) is 0 Å². The van der Waals surface area contributed by atoms with Crippen LogP contribution in [0.1, 0.15) is 30.2 Å². The van der Waals surface area contributed by atoms with Crippen molar-refractivity contribution >= 4 is 17.8 Å². The minimum Gasteiger partial charge on any atom is -0.496 e. The molecule has 1 aromatic heterocycles. The van der Waals surface area contributed by atoms with Crippen molar-refractivity contribution in [3.05, 3.63) is 54.0 Å². The van der Waals surface area contributed by atoms with Gasteiger partial charge < -0.3 is 19.8 Å². The van der Waals surface area contributed by atoms with Crippen LogP contribution in [0.2, 0.25) is 0 Å². The van der Waals surface area contributed by atoms with E-state index < -0.39 is 6.04 Å². The van der Waals surface area contributed by atoms with Crippen molar-refractivity contribution in [3.63, 3.8) is 0 Å². The molecule has 2 N–H and O–H groups in total. The highest BCUT2D eigenvalue weighted by Gasteiger charge is 2.42. The van der Waals surface area contributed by atoms with Crippen LogP contribution in [-0.4, -0.2) is 30.7 Å². The molecule has 0 saturated heterocycles. The molecule has 1 atom stereocenters. The molecule has 0 unspecified atom stereocenters. The average Bonchev–Trinajstić information content (AvgIpc) is 3.21. The molecule has 2 amide bonds. The largest absolute Gasteiger partial charge is 0.496 e. The first kappa shape index (κ1) is 16.8. The smallest absolute Gasteiger partial charge is 0.315 e. The van der Waals surface area contributed by atoms with Crippen molar-refractivity contribution < 1.29 is 13.9 Å². The van der Waals surface area contributed by atoms with Crippen molar-refractivity contribution in [1.82, 2.24) is 10.6 Å². The topological polar surface area (TPSA) is 63.5 Å². The van der Waals surface area contributed by atoms with Crippen LogP contribution in [0.5, 0.6) is 5.75 Å². The van der Waals surface area contributed by atoms with Gasteiger partial charge in [0.2, 0.25) is 0 Å². The molecular weight excluding hydrogens is 324 g/mol. The molecule has 0 bridgehead atoms. The molecular formula is C18H22N2O3S. The Balaban J connectivity index is 1.75. The molecule has 1 aliphatic carbocycles. The van der Waals surface area contributed by atoms with Crippen molar-refractivity contribution in [2.75, 3.05) is 19.9 Å². The van der Waals surface area contributed by atoms with E-state index in [2.05, 4.69) is 16.9 Å². The molecule has 0 aliphatic heterocycles. The third kappa shape index (κ3) is 3.70. The first-order valence-electron chi connectivity index (χ1n) is 7.93. The maximum Gasteiger partial charge on any atom is 0.315 e. The lowest BCUT2D eigenvalue weighted by atomic mass is 10.0. The SMILES string of the molecule is COc1ccccc1[C@@H](NC(=O)NCC1(SC)CC1)c1ccco1. The number of carbonyl (C=O) groups is 1. The van der Waals surface area contributed by atoms with Crippen LogP contribution in [0.4, 0.5) is 4.79 Å². The number of thioether (sulfide) groups is 1. The summed E-state index contributed by atoms with van der Waals surface area (Å²) in [6.07, 6.45) is 6.00. The maximum absolute atomic E-state index is 12.4. The number of furan rings is 1. The summed E-state index contributed by atoms with van der Waals surface area (Å²) in [5.41, 5.74) is 0.858. The number of nitrogens with one attached hydrogen (secondary N) is 2.